The van der Waals surface area contributed by atoms with E-state index in [2.05, 4.69) is 61.4 Å². The molecule has 3 rings (SSSR count). The summed E-state index contributed by atoms with van der Waals surface area (Å²) in [6, 6.07) is 10.5. The van der Waals surface area contributed by atoms with E-state index in [1.54, 1.807) is 18.4 Å². The van der Waals surface area contributed by atoms with Crippen molar-refractivity contribution >= 4 is 17.3 Å². The Morgan fingerprint density at radius 2 is 1.93 bits per heavy atom. The van der Waals surface area contributed by atoms with Crippen LogP contribution in [0.2, 0.25) is 0 Å². The van der Waals surface area contributed by atoms with Crippen LogP contribution in [-0.4, -0.2) is 27.5 Å². The molecule has 142 valence electrons. The van der Waals surface area contributed by atoms with Gasteiger partial charge in [-0.1, -0.05) is 30.3 Å². The molecule has 27 heavy (non-hydrogen) atoms. The number of imidazole rings is 1. The van der Waals surface area contributed by atoms with Crippen molar-refractivity contribution < 1.29 is 0 Å². The maximum Gasteiger partial charge on any atom is 0.191 e. The third-order valence-corrected chi connectivity index (χ3v) is 5.48. The van der Waals surface area contributed by atoms with Gasteiger partial charge in [-0.3, -0.25) is 4.99 Å². The van der Waals surface area contributed by atoms with Crippen LogP contribution >= 0.6 is 11.3 Å². The van der Waals surface area contributed by atoms with Crippen LogP contribution < -0.4 is 10.6 Å². The fourth-order valence-electron chi connectivity index (χ4n) is 2.76. The van der Waals surface area contributed by atoms with E-state index in [4.69, 9.17) is 0 Å². The molecule has 0 fully saturated rings. The normalized spacial score (nSPS) is 11.6. The molecule has 2 aromatic heterocycles. The highest BCUT2D eigenvalue weighted by atomic mass is 32.1. The fraction of sp³-hybridized carbons (Fsp3) is 0.350. The van der Waals surface area contributed by atoms with E-state index in [1.165, 1.54) is 10.4 Å². The van der Waals surface area contributed by atoms with E-state index in [-0.39, 0.29) is 0 Å². The second-order valence-corrected chi connectivity index (χ2v) is 7.59. The Labute approximate surface area is 164 Å². The molecule has 0 amide bonds. The van der Waals surface area contributed by atoms with Crippen molar-refractivity contribution in [1.29, 1.82) is 0 Å². The van der Waals surface area contributed by atoms with E-state index >= 15 is 0 Å². The molecule has 0 aliphatic heterocycles. The van der Waals surface area contributed by atoms with Gasteiger partial charge in [0, 0.05) is 30.9 Å². The molecule has 2 N–H and O–H groups in total. The largest absolute Gasteiger partial charge is 0.350 e. The first kappa shape index (κ1) is 19.1. The van der Waals surface area contributed by atoms with Gasteiger partial charge in [-0.05, 0) is 25.8 Å². The van der Waals surface area contributed by atoms with Gasteiger partial charge in [-0.25, -0.2) is 9.97 Å². The van der Waals surface area contributed by atoms with E-state index in [9.17, 15) is 0 Å². The Bertz CT molecular complexity index is 862. The summed E-state index contributed by atoms with van der Waals surface area (Å²) in [4.78, 5) is 14.6. The first-order valence-corrected chi connectivity index (χ1v) is 9.88. The molecule has 0 saturated carbocycles. The summed E-state index contributed by atoms with van der Waals surface area (Å²) >= 11 is 1.72. The monoisotopic (exact) mass is 382 g/mol. The fourth-order valence-corrected chi connectivity index (χ4v) is 3.64. The van der Waals surface area contributed by atoms with Crippen molar-refractivity contribution in [2.45, 2.75) is 39.9 Å². The molecule has 0 atom stereocenters. The lowest BCUT2D eigenvalue weighted by molar-refractivity contribution is 0.634. The molecule has 2 heterocycles. The summed E-state index contributed by atoms with van der Waals surface area (Å²) in [5.74, 6) is 1.74. The van der Waals surface area contributed by atoms with Gasteiger partial charge in [0.2, 0.25) is 0 Å². The second kappa shape index (κ2) is 9.32. The quantitative estimate of drug-likeness (QED) is 0.487. The smallest absolute Gasteiger partial charge is 0.191 e. The molecule has 7 heteroatoms. The van der Waals surface area contributed by atoms with Crippen molar-refractivity contribution in [3.05, 3.63) is 69.7 Å². The van der Waals surface area contributed by atoms with Crippen LogP contribution in [0.25, 0.3) is 0 Å². The van der Waals surface area contributed by atoms with Gasteiger partial charge in [-0.15, -0.1) is 11.3 Å². The number of nitrogens with zero attached hydrogens (tertiary/aromatic N) is 4. The van der Waals surface area contributed by atoms with Crippen LogP contribution in [0.15, 0.2) is 47.7 Å². The average molecular weight is 383 g/mol. The van der Waals surface area contributed by atoms with Gasteiger partial charge in [0.1, 0.15) is 10.8 Å². The Morgan fingerprint density at radius 3 is 2.63 bits per heavy atom. The lowest BCUT2D eigenvalue weighted by Crippen LogP contribution is -2.37. The minimum absolute atomic E-state index is 0.622. The van der Waals surface area contributed by atoms with Gasteiger partial charge in [0.05, 0.1) is 18.8 Å². The Kier molecular flexibility index (Phi) is 6.59. The van der Waals surface area contributed by atoms with E-state index in [0.717, 1.165) is 35.5 Å². The number of nitrogens with one attached hydrogen (secondary N) is 2. The Balaban J connectivity index is 1.50. The third-order valence-electron chi connectivity index (χ3n) is 4.40. The lowest BCUT2D eigenvalue weighted by Gasteiger charge is -2.12. The first-order chi connectivity index (χ1) is 13.2. The zero-order valence-corrected chi connectivity index (χ0v) is 16.9. The molecule has 0 saturated heterocycles. The lowest BCUT2D eigenvalue weighted by atomic mass is 10.1. The molecule has 0 unspecified atom stereocenters. The van der Waals surface area contributed by atoms with E-state index in [1.807, 2.05) is 25.4 Å². The minimum atomic E-state index is 0.622. The van der Waals surface area contributed by atoms with Gasteiger partial charge < -0.3 is 15.2 Å². The summed E-state index contributed by atoms with van der Waals surface area (Å²) in [6.45, 7) is 6.33. The topological polar surface area (TPSA) is 67.1 Å². The third kappa shape index (κ3) is 5.40. The number of thiazole rings is 1. The predicted molar refractivity (Wildman–Crippen MR) is 111 cm³/mol. The minimum Gasteiger partial charge on any atom is -0.350 e. The van der Waals surface area contributed by atoms with Gasteiger partial charge >= 0.3 is 0 Å². The molecule has 6 nitrogen and oxygen atoms in total. The number of hydrogen-bond donors (Lipinski definition) is 2. The van der Waals surface area contributed by atoms with E-state index in [0.29, 0.717) is 13.1 Å². The van der Waals surface area contributed by atoms with Crippen LogP contribution in [0.1, 0.15) is 27.0 Å². The van der Waals surface area contributed by atoms with Crippen LogP contribution in [0, 0.1) is 13.8 Å². The van der Waals surface area contributed by atoms with Crippen molar-refractivity contribution in [2.75, 3.05) is 7.05 Å². The molecular formula is C20H26N6S. The SMILES string of the molecule is CN=C(NCc1nc(C)c(C)s1)NCc1nccn1CCc1ccccc1. The molecule has 0 bridgehead atoms. The molecule has 0 aliphatic rings. The van der Waals surface area contributed by atoms with Crippen LogP contribution in [0.5, 0.6) is 0 Å². The number of benzene rings is 1. The highest BCUT2D eigenvalue weighted by Crippen LogP contribution is 2.15. The number of aryl methyl sites for hydroxylation is 4. The van der Waals surface area contributed by atoms with Crippen molar-refractivity contribution in [3.8, 4) is 0 Å². The summed E-state index contributed by atoms with van der Waals surface area (Å²) in [5, 5.41) is 7.72. The summed E-state index contributed by atoms with van der Waals surface area (Å²) < 4.78 is 2.18. The van der Waals surface area contributed by atoms with E-state index < -0.39 is 0 Å². The zero-order chi connectivity index (χ0) is 19.1. The number of rotatable bonds is 7. The standard InChI is InChI=1S/C20H26N6S/c1-15-16(2)27-19(25-15)14-24-20(21-3)23-13-18-22-10-12-26(18)11-9-17-7-5-4-6-8-17/h4-8,10,12H,9,11,13-14H2,1-3H3,(H2,21,23,24). The maximum atomic E-state index is 4.55. The molecular weight excluding hydrogens is 356 g/mol. The van der Waals surface area contributed by atoms with Gasteiger partial charge in [0.15, 0.2) is 5.96 Å². The summed E-state index contributed by atoms with van der Waals surface area (Å²) in [7, 11) is 1.77. The highest BCUT2D eigenvalue weighted by molar-refractivity contribution is 7.11. The summed E-state index contributed by atoms with van der Waals surface area (Å²) in [5.41, 5.74) is 2.43. The second-order valence-electron chi connectivity index (χ2n) is 6.30. The summed E-state index contributed by atoms with van der Waals surface area (Å²) in [6.07, 6.45) is 4.86. The first-order valence-electron chi connectivity index (χ1n) is 9.07. The molecule has 1 aromatic carbocycles. The van der Waals surface area contributed by atoms with Gasteiger partial charge in [0.25, 0.3) is 0 Å². The zero-order valence-electron chi connectivity index (χ0n) is 16.1. The Morgan fingerprint density at radius 1 is 1.15 bits per heavy atom. The average Bonchev–Trinajstić information content (AvgIpc) is 3.27. The van der Waals surface area contributed by atoms with Gasteiger partial charge in [-0.2, -0.15) is 0 Å². The number of aliphatic imine (C=N–C) groups is 1. The van der Waals surface area contributed by atoms with Crippen molar-refractivity contribution in [2.24, 2.45) is 4.99 Å². The van der Waals surface area contributed by atoms with Crippen molar-refractivity contribution in [3.63, 3.8) is 0 Å². The predicted octanol–water partition coefficient (Wildman–Crippen LogP) is 3.06. The molecule has 0 spiro atoms. The number of aromatic nitrogens is 3. The maximum absolute atomic E-state index is 4.55. The highest BCUT2D eigenvalue weighted by Gasteiger charge is 2.07. The van der Waals surface area contributed by atoms with Crippen LogP contribution in [0.3, 0.4) is 0 Å². The van der Waals surface area contributed by atoms with Crippen LogP contribution in [0.4, 0.5) is 0 Å². The van der Waals surface area contributed by atoms with Crippen molar-refractivity contribution in [1.82, 2.24) is 25.2 Å². The number of hydrogen-bond acceptors (Lipinski definition) is 4. The van der Waals surface area contributed by atoms with Crippen LogP contribution in [-0.2, 0) is 26.1 Å². The molecule has 0 radical (unpaired) electrons. The molecule has 3 aromatic rings. The molecule has 0 aliphatic carbocycles. The Hall–Kier alpha value is -2.67. The number of guanidine groups is 1.